The number of aryl methyl sites for hydroxylation is 1. The predicted molar refractivity (Wildman–Crippen MR) is 85.0 cm³/mol. The Morgan fingerprint density at radius 1 is 1.48 bits per heavy atom. The van der Waals surface area contributed by atoms with E-state index in [9.17, 15) is 8.42 Å². The summed E-state index contributed by atoms with van der Waals surface area (Å²) in [5, 5.41) is 0. The molecule has 2 rings (SSSR count). The fourth-order valence-corrected chi connectivity index (χ4v) is 4.48. The van der Waals surface area contributed by atoms with E-state index in [1.807, 2.05) is 26.4 Å². The number of imidazole rings is 1. The minimum atomic E-state index is -2.87. The monoisotopic (exact) mass is 313 g/mol. The summed E-state index contributed by atoms with van der Waals surface area (Å²) < 4.78 is 24.8. The third-order valence-electron chi connectivity index (χ3n) is 4.15. The van der Waals surface area contributed by atoms with Crippen molar-refractivity contribution < 1.29 is 8.42 Å². The van der Waals surface area contributed by atoms with E-state index in [0.717, 1.165) is 31.9 Å². The minimum absolute atomic E-state index is 0.201. The van der Waals surface area contributed by atoms with Crippen molar-refractivity contribution in [2.45, 2.75) is 26.2 Å². The molecule has 2 atom stereocenters. The number of hydrogen-bond donors (Lipinski definition) is 0. The highest BCUT2D eigenvalue weighted by atomic mass is 32.2. The van der Waals surface area contributed by atoms with Crippen LogP contribution >= 0.6 is 0 Å². The minimum Gasteiger partial charge on any atom is -0.338 e. The normalized spacial score (nSPS) is 22.3. The summed E-state index contributed by atoms with van der Waals surface area (Å²) in [6.45, 7) is 5.06. The van der Waals surface area contributed by atoms with Gasteiger partial charge in [0.2, 0.25) is 0 Å². The Bertz CT molecular complexity index is 553. The average Bonchev–Trinajstić information content (AvgIpc) is 2.73. The first-order valence-electron chi connectivity index (χ1n) is 7.70. The molecule has 0 bridgehead atoms. The zero-order chi connectivity index (χ0) is 15.5. The molecule has 1 aromatic heterocycles. The van der Waals surface area contributed by atoms with Gasteiger partial charge in [-0.2, -0.15) is 0 Å². The second-order valence-corrected chi connectivity index (χ2v) is 8.81. The van der Waals surface area contributed by atoms with Crippen LogP contribution in [0.25, 0.3) is 0 Å². The molecule has 0 N–H and O–H groups in total. The predicted octanol–water partition coefficient (Wildman–Crippen LogP) is 1.36. The average molecular weight is 313 g/mol. The lowest BCUT2D eigenvalue weighted by Gasteiger charge is -2.34. The Morgan fingerprint density at radius 3 is 2.86 bits per heavy atom. The van der Waals surface area contributed by atoms with E-state index in [0.29, 0.717) is 5.92 Å². The SMILES string of the molecule is C[C@H](CN1CCC[C@H](Cc2nccn2C)C1)CS(C)(=O)=O. The zero-order valence-corrected chi connectivity index (χ0v) is 14.1. The standard InChI is InChI=1S/C15H27N3O2S/c1-13(12-21(3,19)20)10-18-7-4-5-14(11-18)9-15-16-6-8-17(15)2/h6,8,13-14H,4-5,7,9-12H2,1-3H3/t13-,14-/m1/s1. The quantitative estimate of drug-likeness (QED) is 0.795. The number of aromatic nitrogens is 2. The molecule has 0 unspecified atom stereocenters. The molecule has 5 nitrogen and oxygen atoms in total. The van der Waals surface area contributed by atoms with E-state index < -0.39 is 9.84 Å². The Balaban J connectivity index is 1.84. The number of sulfone groups is 1. The summed E-state index contributed by atoms with van der Waals surface area (Å²) in [7, 11) is -0.835. The summed E-state index contributed by atoms with van der Waals surface area (Å²) in [6, 6.07) is 0. The summed E-state index contributed by atoms with van der Waals surface area (Å²) in [5.41, 5.74) is 0. The van der Waals surface area contributed by atoms with Crippen molar-refractivity contribution in [1.82, 2.24) is 14.5 Å². The van der Waals surface area contributed by atoms with Gasteiger partial charge in [-0.25, -0.2) is 13.4 Å². The van der Waals surface area contributed by atoms with Gasteiger partial charge in [-0.05, 0) is 31.2 Å². The fraction of sp³-hybridized carbons (Fsp3) is 0.800. The van der Waals surface area contributed by atoms with Crippen molar-refractivity contribution in [2.75, 3.05) is 31.6 Å². The molecule has 1 aromatic rings. The zero-order valence-electron chi connectivity index (χ0n) is 13.3. The van der Waals surface area contributed by atoms with Crippen molar-refractivity contribution >= 4 is 9.84 Å². The van der Waals surface area contributed by atoms with Crippen molar-refractivity contribution in [3.63, 3.8) is 0 Å². The van der Waals surface area contributed by atoms with Crippen LogP contribution in [0.15, 0.2) is 12.4 Å². The molecule has 0 saturated carbocycles. The molecule has 6 heteroatoms. The Morgan fingerprint density at radius 2 is 2.24 bits per heavy atom. The first kappa shape index (κ1) is 16.5. The van der Waals surface area contributed by atoms with E-state index in [1.54, 1.807) is 0 Å². The van der Waals surface area contributed by atoms with Crippen LogP contribution in [0.2, 0.25) is 0 Å². The maximum absolute atomic E-state index is 11.4. The lowest BCUT2D eigenvalue weighted by molar-refractivity contribution is 0.157. The van der Waals surface area contributed by atoms with Gasteiger partial charge in [-0.15, -0.1) is 0 Å². The van der Waals surface area contributed by atoms with Gasteiger partial charge in [-0.3, -0.25) is 0 Å². The van der Waals surface area contributed by atoms with Gasteiger partial charge in [0.15, 0.2) is 0 Å². The highest BCUT2D eigenvalue weighted by molar-refractivity contribution is 7.90. The van der Waals surface area contributed by atoms with Crippen LogP contribution in [0.4, 0.5) is 0 Å². The van der Waals surface area contributed by atoms with E-state index in [-0.39, 0.29) is 11.7 Å². The molecule has 0 radical (unpaired) electrons. The van der Waals surface area contributed by atoms with Crippen molar-refractivity contribution in [1.29, 1.82) is 0 Å². The molecule has 0 aromatic carbocycles. The lowest BCUT2D eigenvalue weighted by atomic mass is 9.94. The molecule has 120 valence electrons. The smallest absolute Gasteiger partial charge is 0.147 e. The molecular weight excluding hydrogens is 286 g/mol. The third-order valence-corrected chi connectivity index (χ3v) is 5.33. The first-order valence-corrected chi connectivity index (χ1v) is 9.76. The van der Waals surface area contributed by atoms with Crippen LogP contribution < -0.4 is 0 Å². The topological polar surface area (TPSA) is 55.2 Å². The lowest BCUT2D eigenvalue weighted by Crippen LogP contribution is -2.40. The largest absolute Gasteiger partial charge is 0.338 e. The number of piperidine rings is 1. The van der Waals surface area contributed by atoms with Gasteiger partial charge in [0.05, 0.1) is 5.75 Å². The van der Waals surface area contributed by atoms with Gasteiger partial charge >= 0.3 is 0 Å². The molecule has 2 heterocycles. The molecule has 1 aliphatic rings. The fourth-order valence-electron chi connectivity index (χ4n) is 3.35. The highest BCUT2D eigenvalue weighted by Crippen LogP contribution is 2.21. The van der Waals surface area contributed by atoms with E-state index in [1.165, 1.54) is 19.1 Å². The summed E-state index contributed by atoms with van der Waals surface area (Å²) in [5.74, 6) is 2.26. The molecule has 1 aliphatic heterocycles. The van der Waals surface area contributed by atoms with Gasteiger partial charge in [0.25, 0.3) is 0 Å². The Hall–Kier alpha value is -0.880. The van der Waals surface area contributed by atoms with Crippen LogP contribution in [0, 0.1) is 11.8 Å². The third kappa shape index (κ3) is 5.43. The molecule has 1 saturated heterocycles. The van der Waals surface area contributed by atoms with Gasteiger partial charge in [0, 0.05) is 45.2 Å². The number of hydrogen-bond acceptors (Lipinski definition) is 4. The maximum Gasteiger partial charge on any atom is 0.147 e. The van der Waals surface area contributed by atoms with Crippen LogP contribution in [0.5, 0.6) is 0 Å². The highest BCUT2D eigenvalue weighted by Gasteiger charge is 2.23. The molecule has 21 heavy (non-hydrogen) atoms. The van der Waals surface area contributed by atoms with Gasteiger partial charge in [0.1, 0.15) is 15.7 Å². The van der Waals surface area contributed by atoms with Crippen molar-refractivity contribution in [2.24, 2.45) is 18.9 Å². The molecule has 0 amide bonds. The number of rotatable bonds is 6. The Labute approximate surface area is 128 Å². The maximum atomic E-state index is 11.4. The van der Waals surface area contributed by atoms with Crippen LogP contribution in [-0.2, 0) is 23.3 Å². The van der Waals surface area contributed by atoms with Crippen molar-refractivity contribution in [3.05, 3.63) is 18.2 Å². The van der Waals surface area contributed by atoms with Crippen molar-refractivity contribution in [3.8, 4) is 0 Å². The molecule has 0 aliphatic carbocycles. The van der Waals surface area contributed by atoms with Crippen LogP contribution in [0.3, 0.4) is 0 Å². The van der Waals surface area contributed by atoms with Gasteiger partial charge < -0.3 is 9.47 Å². The molecule has 0 spiro atoms. The first-order chi connectivity index (χ1) is 9.83. The number of likely N-dealkylation sites (tertiary alicyclic amines) is 1. The molecular formula is C15H27N3O2S. The summed E-state index contributed by atoms with van der Waals surface area (Å²) >= 11 is 0. The Kier molecular flexibility index (Phi) is 5.43. The summed E-state index contributed by atoms with van der Waals surface area (Å²) in [6.07, 6.45) is 8.61. The van der Waals surface area contributed by atoms with E-state index in [4.69, 9.17) is 0 Å². The summed E-state index contributed by atoms with van der Waals surface area (Å²) in [4.78, 5) is 6.83. The second-order valence-electron chi connectivity index (χ2n) is 6.62. The van der Waals surface area contributed by atoms with Crippen LogP contribution in [-0.4, -0.2) is 54.5 Å². The number of nitrogens with zero attached hydrogens (tertiary/aromatic N) is 3. The van der Waals surface area contributed by atoms with Gasteiger partial charge in [-0.1, -0.05) is 6.92 Å². The second kappa shape index (κ2) is 6.92. The molecule has 1 fully saturated rings. The van der Waals surface area contributed by atoms with Crippen LogP contribution in [0.1, 0.15) is 25.6 Å². The van der Waals surface area contributed by atoms with E-state index >= 15 is 0 Å². The van der Waals surface area contributed by atoms with E-state index in [2.05, 4.69) is 14.5 Å².